The van der Waals surface area contributed by atoms with Gasteiger partial charge in [0.25, 0.3) is 0 Å². The lowest BCUT2D eigenvalue weighted by Gasteiger charge is -2.22. The maximum Gasteiger partial charge on any atom is 0.305 e. The Morgan fingerprint density at radius 1 is 0.324 bits per heavy atom. The normalized spacial score (nSPS) is 12.4. The molecule has 442 valence electrons. The number of ether oxygens (including phenoxy) is 1. The molecule has 0 rings (SSSR count). The molecule has 0 aromatic carbocycles. The van der Waals surface area contributed by atoms with Gasteiger partial charge in [0.15, 0.2) is 0 Å². The van der Waals surface area contributed by atoms with Gasteiger partial charge < -0.3 is 20.3 Å². The van der Waals surface area contributed by atoms with Crippen LogP contribution in [0.3, 0.4) is 0 Å². The second kappa shape index (κ2) is 64.4. The molecule has 0 heterocycles. The summed E-state index contributed by atoms with van der Waals surface area (Å²) in [4.78, 5) is 24.6. The number of nitrogens with one attached hydrogen (secondary N) is 1. The highest BCUT2D eigenvalue weighted by molar-refractivity contribution is 5.76. The summed E-state index contributed by atoms with van der Waals surface area (Å²) in [5.41, 5.74) is 0. The summed E-state index contributed by atoms with van der Waals surface area (Å²) < 4.78 is 5.50. The van der Waals surface area contributed by atoms with E-state index >= 15 is 0 Å². The summed E-state index contributed by atoms with van der Waals surface area (Å²) in [5.74, 6) is -0.0204. The van der Waals surface area contributed by atoms with Crippen LogP contribution in [0.4, 0.5) is 0 Å². The maximum absolute atomic E-state index is 12.5. The topological polar surface area (TPSA) is 95.9 Å². The minimum atomic E-state index is -0.667. The van der Waals surface area contributed by atoms with E-state index in [1.807, 2.05) is 0 Å². The number of carbonyl (C=O) groups excluding carboxylic acids is 2. The third-order valence-corrected chi connectivity index (χ3v) is 16.4. The van der Waals surface area contributed by atoms with E-state index in [4.69, 9.17) is 4.74 Å². The molecule has 0 spiro atoms. The fraction of sp³-hybridized carbons (Fsp3) is 0.971. The molecule has 2 unspecified atom stereocenters. The number of unbranched alkanes of at least 4 members (excludes halogenated alkanes) is 54. The summed E-state index contributed by atoms with van der Waals surface area (Å²) in [5, 5.41) is 23.4. The number of hydrogen-bond acceptors (Lipinski definition) is 5. The van der Waals surface area contributed by atoms with Crippen molar-refractivity contribution in [2.75, 3.05) is 13.2 Å². The average molecular weight is 1050 g/mol. The van der Waals surface area contributed by atoms with Crippen molar-refractivity contribution in [1.82, 2.24) is 5.32 Å². The van der Waals surface area contributed by atoms with Gasteiger partial charge in [-0.25, -0.2) is 0 Å². The molecule has 0 aromatic rings. The largest absolute Gasteiger partial charge is 0.466 e. The zero-order valence-corrected chi connectivity index (χ0v) is 50.6. The lowest BCUT2D eigenvalue weighted by molar-refractivity contribution is -0.143. The lowest BCUT2D eigenvalue weighted by Crippen LogP contribution is -2.45. The second-order valence-corrected chi connectivity index (χ2v) is 23.9. The van der Waals surface area contributed by atoms with Crippen LogP contribution in [0.1, 0.15) is 399 Å². The van der Waals surface area contributed by atoms with E-state index in [0.29, 0.717) is 25.9 Å². The average Bonchev–Trinajstić information content (AvgIpc) is 3.40. The number of aliphatic hydroxyl groups excluding tert-OH is 2. The molecule has 0 saturated heterocycles. The maximum atomic E-state index is 12.5. The van der Waals surface area contributed by atoms with Crippen LogP contribution >= 0.6 is 0 Å². The molecule has 0 aliphatic rings. The van der Waals surface area contributed by atoms with E-state index in [1.54, 1.807) is 0 Å². The van der Waals surface area contributed by atoms with E-state index < -0.39 is 12.1 Å². The van der Waals surface area contributed by atoms with Gasteiger partial charge in [0.1, 0.15) is 0 Å². The van der Waals surface area contributed by atoms with E-state index in [2.05, 4.69) is 19.2 Å². The van der Waals surface area contributed by atoms with E-state index in [9.17, 15) is 19.8 Å². The smallest absolute Gasteiger partial charge is 0.305 e. The molecular formula is C68H135NO5. The van der Waals surface area contributed by atoms with E-state index in [1.165, 1.54) is 327 Å². The summed E-state index contributed by atoms with van der Waals surface area (Å²) in [6.07, 6.45) is 77.0. The quantitative estimate of drug-likeness (QED) is 0.0417. The van der Waals surface area contributed by atoms with E-state index in [-0.39, 0.29) is 18.5 Å². The van der Waals surface area contributed by atoms with Crippen molar-refractivity contribution in [3.05, 3.63) is 0 Å². The van der Waals surface area contributed by atoms with Crippen molar-refractivity contribution in [2.24, 2.45) is 0 Å². The first kappa shape index (κ1) is 72.9. The molecule has 1 amide bonds. The third kappa shape index (κ3) is 60.1. The predicted molar refractivity (Wildman–Crippen MR) is 324 cm³/mol. The molecule has 0 aromatic heterocycles. The summed E-state index contributed by atoms with van der Waals surface area (Å²) >= 11 is 0. The monoisotopic (exact) mass is 1050 g/mol. The molecular weight excluding hydrogens is 911 g/mol. The van der Waals surface area contributed by atoms with E-state index in [0.717, 1.165) is 38.5 Å². The van der Waals surface area contributed by atoms with Crippen LogP contribution < -0.4 is 5.32 Å². The van der Waals surface area contributed by atoms with Crippen LogP contribution in [-0.2, 0) is 14.3 Å². The fourth-order valence-corrected chi connectivity index (χ4v) is 11.2. The zero-order valence-electron chi connectivity index (χ0n) is 50.6. The van der Waals surface area contributed by atoms with Gasteiger partial charge in [0.2, 0.25) is 5.91 Å². The fourth-order valence-electron chi connectivity index (χ4n) is 11.2. The third-order valence-electron chi connectivity index (χ3n) is 16.4. The van der Waals surface area contributed by atoms with Gasteiger partial charge in [-0.05, 0) is 25.7 Å². The van der Waals surface area contributed by atoms with Crippen LogP contribution in [0.5, 0.6) is 0 Å². The van der Waals surface area contributed by atoms with Crippen molar-refractivity contribution in [3.63, 3.8) is 0 Å². The highest BCUT2D eigenvalue weighted by Gasteiger charge is 2.20. The minimum Gasteiger partial charge on any atom is -0.466 e. The van der Waals surface area contributed by atoms with Gasteiger partial charge >= 0.3 is 5.97 Å². The van der Waals surface area contributed by atoms with Gasteiger partial charge in [-0.1, -0.05) is 361 Å². The number of aliphatic hydroxyl groups is 2. The first-order valence-electron chi connectivity index (χ1n) is 34.3. The van der Waals surface area contributed by atoms with Gasteiger partial charge in [0.05, 0.1) is 25.4 Å². The molecule has 6 heteroatoms. The van der Waals surface area contributed by atoms with Gasteiger partial charge in [-0.15, -0.1) is 0 Å². The molecule has 0 aliphatic heterocycles. The van der Waals surface area contributed by atoms with Gasteiger partial charge in [0, 0.05) is 12.8 Å². The molecule has 0 radical (unpaired) electrons. The number of carbonyl (C=O) groups is 2. The van der Waals surface area contributed by atoms with Crippen LogP contribution in [0.15, 0.2) is 0 Å². The Hall–Kier alpha value is -1.14. The SMILES string of the molecule is CCCCCCCCCCCCCCCCCCCCCCCCC(O)C(CO)NC(=O)CCCCCCCCCCCCCCCCCCCCOC(=O)CCCCCCCCCCCCCCCCCCC. The Bertz CT molecular complexity index is 1070. The molecule has 0 saturated carbocycles. The molecule has 6 nitrogen and oxygen atoms in total. The molecule has 0 fully saturated rings. The summed E-state index contributed by atoms with van der Waals surface area (Å²) in [6, 6.07) is -0.544. The Kier molecular flexibility index (Phi) is 63.4. The molecule has 0 aliphatic carbocycles. The Labute approximate surface area is 464 Å². The standard InChI is InChI=1S/C68H135NO5/c1-3-5-7-9-11-13-15-17-19-21-22-23-24-25-29-32-36-40-44-48-52-56-60-66(71)65(64-70)69-67(72)61-57-53-49-45-41-37-33-30-26-27-31-35-39-43-47-51-55-59-63-74-68(73)62-58-54-50-46-42-38-34-28-20-18-16-14-12-10-8-6-4-2/h65-66,70-71H,3-64H2,1-2H3,(H,69,72). The van der Waals surface area contributed by atoms with Crippen molar-refractivity contribution >= 4 is 11.9 Å². The van der Waals surface area contributed by atoms with Crippen LogP contribution in [-0.4, -0.2) is 47.4 Å². The van der Waals surface area contributed by atoms with Crippen LogP contribution in [0.25, 0.3) is 0 Å². The first-order chi connectivity index (χ1) is 36.5. The molecule has 2 atom stereocenters. The summed E-state index contributed by atoms with van der Waals surface area (Å²) in [7, 11) is 0. The minimum absolute atomic E-state index is 0.0130. The molecule has 74 heavy (non-hydrogen) atoms. The lowest BCUT2D eigenvalue weighted by atomic mass is 10.0. The van der Waals surface area contributed by atoms with Gasteiger partial charge in [-0.3, -0.25) is 9.59 Å². The molecule has 3 N–H and O–H groups in total. The van der Waals surface area contributed by atoms with Gasteiger partial charge in [-0.2, -0.15) is 0 Å². The number of amides is 1. The van der Waals surface area contributed by atoms with Crippen molar-refractivity contribution in [1.29, 1.82) is 0 Å². The molecule has 0 bridgehead atoms. The van der Waals surface area contributed by atoms with Crippen LogP contribution in [0.2, 0.25) is 0 Å². The zero-order chi connectivity index (χ0) is 53.6. The van der Waals surface area contributed by atoms with Crippen molar-refractivity contribution in [2.45, 2.75) is 411 Å². The first-order valence-corrected chi connectivity index (χ1v) is 34.3. The Morgan fingerprint density at radius 2 is 0.554 bits per heavy atom. The second-order valence-electron chi connectivity index (χ2n) is 23.9. The predicted octanol–water partition coefficient (Wildman–Crippen LogP) is 21.8. The Morgan fingerprint density at radius 3 is 0.824 bits per heavy atom. The number of rotatable bonds is 65. The van der Waals surface area contributed by atoms with Crippen molar-refractivity contribution < 1.29 is 24.5 Å². The number of hydrogen-bond donors (Lipinski definition) is 3. The highest BCUT2D eigenvalue weighted by atomic mass is 16.5. The van der Waals surface area contributed by atoms with Crippen molar-refractivity contribution in [3.8, 4) is 0 Å². The summed E-state index contributed by atoms with van der Waals surface area (Å²) in [6.45, 7) is 5.00. The highest BCUT2D eigenvalue weighted by Crippen LogP contribution is 2.19. The van der Waals surface area contributed by atoms with Crippen LogP contribution in [0, 0.1) is 0 Å². The Balaban J connectivity index is 3.38. The number of esters is 1.